The van der Waals surface area contributed by atoms with Crippen LogP contribution in [0.5, 0.6) is 11.5 Å². The van der Waals surface area contributed by atoms with Gasteiger partial charge in [0.1, 0.15) is 11.6 Å². The zero-order valence-electron chi connectivity index (χ0n) is 17.0. The monoisotopic (exact) mass is 470 g/mol. The topological polar surface area (TPSA) is 52.7 Å². The van der Waals surface area contributed by atoms with Crippen LogP contribution in [0.2, 0.25) is 0 Å². The maximum absolute atomic E-state index is 15.1. The van der Waals surface area contributed by atoms with E-state index in [1.807, 2.05) is 6.92 Å². The number of halogens is 2. The fourth-order valence-electron chi connectivity index (χ4n) is 3.27. The van der Waals surface area contributed by atoms with Crippen LogP contribution in [0.1, 0.15) is 5.56 Å². The highest BCUT2D eigenvalue weighted by Gasteiger charge is 2.24. The van der Waals surface area contributed by atoms with E-state index < -0.39 is 21.7 Å². The molecular weight excluding hydrogens is 454 g/mol. The number of thioether (sulfide) groups is 1. The minimum Gasteiger partial charge on any atom is -0.454 e. The Bertz CT molecular complexity index is 1490. The van der Waals surface area contributed by atoms with Crippen molar-refractivity contribution in [3.63, 3.8) is 0 Å². The maximum Gasteiger partial charge on any atom is 0.268 e. The second-order valence-corrected chi connectivity index (χ2v) is 9.54. The van der Waals surface area contributed by atoms with E-state index >= 15 is 4.39 Å². The molecular formula is C23H16F2N2O3S2. The summed E-state index contributed by atoms with van der Waals surface area (Å²) < 4.78 is 61.7. The van der Waals surface area contributed by atoms with Crippen molar-refractivity contribution in [2.45, 2.75) is 16.7 Å². The largest absolute Gasteiger partial charge is 0.454 e. The van der Waals surface area contributed by atoms with Gasteiger partial charge in [0.2, 0.25) is 5.69 Å². The van der Waals surface area contributed by atoms with Crippen LogP contribution in [0.25, 0.3) is 15.7 Å². The molecule has 5 nitrogen and oxygen atoms in total. The maximum atomic E-state index is 15.1. The highest BCUT2D eigenvalue weighted by molar-refractivity contribution is 7.99. The number of rotatable bonds is 5. The standard InChI is InChI=1S/C23H16F2N2O3S2/c1-14-4-7-16(8-5-14)32(28,29)27-11-10-17-21(27)13-19(25)22(23(17)31-3)30-15-6-9-18(24)20(12-15)26-2/h4-13H,1,3H3. The fraction of sp³-hybridized carbons (Fsp3) is 0.0870. The van der Waals surface area contributed by atoms with Gasteiger partial charge >= 0.3 is 0 Å². The van der Waals surface area contributed by atoms with Crippen LogP contribution < -0.4 is 4.74 Å². The highest BCUT2D eigenvalue weighted by atomic mass is 32.2. The molecule has 0 saturated carbocycles. The van der Waals surface area contributed by atoms with Crippen molar-refractivity contribution in [2.24, 2.45) is 0 Å². The molecule has 0 aliphatic rings. The van der Waals surface area contributed by atoms with Gasteiger partial charge in [-0.25, -0.2) is 26.0 Å². The lowest BCUT2D eigenvalue weighted by Crippen LogP contribution is -2.12. The van der Waals surface area contributed by atoms with Crippen molar-refractivity contribution < 1.29 is 21.9 Å². The molecule has 0 fully saturated rings. The highest BCUT2D eigenvalue weighted by Crippen LogP contribution is 2.41. The van der Waals surface area contributed by atoms with Crippen molar-refractivity contribution >= 4 is 38.4 Å². The fourth-order valence-corrected chi connectivity index (χ4v) is 5.32. The average Bonchev–Trinajstić information content (AvgIpc) is 3.20. The van der Waals surface area contributed by atoms with E-state index in [0.29, 0.717) is 10.3 Å². The number of hydrogen-bond acceptors (Lipinski definition) is 4. The summed E-state index contributed by atoms with van der Waals surface area (Å²) in [6.07, 6.45) is 3.08. The summed E-state index contributed by atoms with van der Waals surface area (Å²) in [4.78, 5) is 3.55. The van der Waals surface area contributed by atoms with Crippen LogP contribution in [0.15, 0.2) is 70.6 Å². The Morgan fingerprint density at radius 3 is 2.41 bits per heavy atom. The van der Waals surface area contributed by atoms with E-state index in [0.717, 1.165) is 21.7 Å². The van der Waals surface area contributed by atoms with Crippen LogP contribution in [0, 0.1) is 25.1 Å². The molecule has 0 amide bonds. The van der Waals surface area contributed by atoms with Gasteiger partial charge in [0.05, 0.1) is 21.9 Å². The SMILES string of the molecule is [C-]#[N+]c1cc(Oc2c(F)cc3c(ccn3S(=O)(=O)c3ccc(C)cc3)c2SC)ccc1F. The minimum absolute atomic E-state index is 0.0880. The van der Waals surface area contributed by atoms with Crippen LogP contribution in [-0.4, -0.2) is 18.6 Å². The van der Waals surface area contributed by atoms with E-state index in [2.05, 4.69) is 4.85 Å². The van der Waals surface area contributed by atoms with Gasteiger partial charge in [-0.2, -0.15) is 0 Å². The molecule has 3 aromatic carbocycles. The predicted molar refractivity (Wildman–Crippen MR) is 120 cm³/mol. The lowest BCUT2D eigenvalue weighted by molar-refractivity contribution is 0.432. The van der Waals surface area contributed by atoms with E-state index in [1.54, 1.807) is 24.5 Å². The summed E-state index contributed by atoms with van der Waals surface area (Å²) in [5, 5.41) is 0.483. The van der Waals surface area contributed by atoms with Gasteiger partial charge in [0.25, 0.3) is 10.0 Å². The molecule has 1 heterocycles. The quantitative estimate of drug-likeness (QED) is 0.246. The van der Waals surface area contributed by atoms with Gasteiger partial charge in [-0.3, -0.25) is 0 Å². The van der Waals surface area contributed by atoms with Crippen molar-refractivity contribution in [2.75, 3.05) is 6.26 Å². The third kappa shape index (κ3) is 3.72. The van der Waals surface area contributed by atoms with Crippen molar-refractivity contribution in [3.8, 4) is 11.5 Å². The van der Waals surface area contributed by atoms with Crippen molar-refractivity contribution in [3.05, 3.63) is 89.4 Å². The normalized spacial score (nSPS) is 11.5. The molecule has 0 aliphatic carbocycles. The van der Waals surface area contributed by atoms with Crippen LogP contribution in [0.4, 0.5) is 14.5 Å². The van der Waals surface area contributed by atoms with Crippen LogP contribution in [-0.2, 0) is 10.0 Å². The molecule has 0 radical (unpaired) electrons. The summed E-state index contributed by atoms with van der Waals surface area (Å²) in [6, 6.07) is 12.6. The van der Waals surface area contributed by atoms with Gasteiger partial charge < -0.3 is 4.74 Å². The summed E-state index contributed by atoms with van der Waals surface area (Å²) in [6.45, 7) is 8.88. The second-order valence-electron chi connectivity index (χ2n) is 6.91. The van der Waals surface area contributed by atoms with E-state index in [4.69, 9.17) is 11.3 Å². The Balaban J connectivity index is 1.85. The lowest BCUT2D eigenvalue weighted by atomic mass is 10.2. The number of ether oxygens (including phenoxy) is 1. The Labute approximate surface area is 188 Å². The van der Waals surface area contributed by atoms with Gasteiger partial charge in [0.15, 0.2) is 11.6 Å². The Morgan fingerprint density at radius 1 is 1.03 bits per heavy atom. The summed E-state index contributed by atoms with van der Waals surface area (Å²) in [5.41, 5.74) is 0.840. The zero-order valence-corrected chi connectivity index (χ0v) is 18.6. The number of aromatic nitrogens is 1. The number of benzene rings is 3. The second kappa shape index (κ2) is 8.30. The van der Waals surface area contributed by atoms with E-state index in [-0.39, 0.29) is 27.6 Å². The molecule has 0 atom stereocenters. The molecule has 1 aromatic heterocycles. The molecule has 0 bridgehead atoms. The first-order chi connectivity index (χ1) is 15.3. The Hall–Kier alpha value is -3.35. The number of nitrogens with zero attached hydrogens (tertiary/aromatic N) is 2. The minimum atomic E-state index is -3.94. The summed E-state index contributed by atoms with van der Waals surface area (Å²) >= 11 is 1.19. The Kier molecular flexibility index (Phi) is 5.67. The molecule has 0 spiro atoms. The average molecular weight is 471 g/mol. The zero-order chi connectivity index (χ0) is 23.0. The molecule has 9 heteroatoms. The number of fused-ring (bicyclic) bond motifs is 1. The van der Waals surface area contributed by atoms with Gasteiger partial charge in [-0.05, 0) is 49.6 Å². The molecule has 0 aliphatic heterocycles. The van der Waals surface area contributed by atoms with Crippen molar-refractivity contribution in [1.82, 2.24) is 3.97 Å². The van der Waals surface area contributed by atoms with Crippen LogP contribution in [0.3, 0.4) is 0 Å². The Morgan fingerprint density at radius 2 is 1.75 bits per heavy atom. The smallest absolute Gasteiger partial charge is 0.268 e. The van der Waals surface area contributed by atoms with Gasteiger partial charge in [0, 0.05) is 17.6 Å². The lowest BCUT2D eigenvalue weighted by Gasteiger charge is -2.14. The van der Waals surface area contributed by atoms with Crippen LogP contribution >= 0.6 is 11.8 Å². The molecule has 0 N–H and O–H groups in total. The molecule has 0 unspecified atom stereocenters. The summed E-state index contributed by atoms with van der Waals surface area (Å²) in [7, 11) is -3.94. The third-order valence-corrected chi connectivity index (χ3v) is 7.38. The first-order valence-electron chi connectivity index (χ1n) is 9.31. The molecule has 4 aromatic rings. The first-order valence-corrected chi connectivity index (χ1v) is 12.0. The number of aryl methyl sites for hydroxylation is 1. The molecule has 0 saturated heterocycles. The van der Waals surface area contributed by atoms with Gasteiger partial charge in [-0.15, -0.1) is 11.8 Å². The van der Waals surface area contributed by atoms with E-state index in [9.17, 15) is 12.8 Å². The molecule has 4 rings (SSSR count). The van der Waals surface area contributed by atoms with E-state index in [1.165, 1.54) is 42.2 Å². The predicted octanol–water partition coefficient (Wildman–Crippen LogP) is 6.53. The number of hydrogen-bond donors (Lipinski definition) is 0. The van der Waals surface area contributed by atoms with Crippen molar-refractivity contribution in [1.29, 1.82) is 0 Å². The molecule has 162 valence electrons. The summed E-state index contributed by atoms with van der Waals surface area (Å²) in [5.74, 6) is -1.52. The van der Waals surface area contributed by atoms with Gasteiger partial charge in [-0.1, -0.05) is 17.7 Å². The first kappa shape index (κ1) is 21.9. The third-order valence-electron chi connectivity index (χ3n) is 4.86. The molecule has 32 heavy (non-hydrogen) atoms.